The number of hydrogen-bond donors (Lipinski definition) is 1. The van der Waals surface area contributed by atoms with E-state index in [9.17, 15) is 4.79 Å². The van der Waals surface area contributed by atoms with E-state index in [2.05, 4.69) is 34.1 Å². The van der Waals surface area contributed by atoms with Crippen molar-refractivity contribution in [3.63, 3.8) is 0 Å². The monoisotopic (exact) mass is 297 g/mol. The Labute approximate surface area is 110 Å². The minimum atomic E-state index is -0.703. The molecule has 0 saturated carbocycles. The fourth-order valence-electron chi connectivity index (χ4n) is 2.29. The molecule has 4 heteroatoms. The van der Waals surface area contributed by atoms with E-state index in [-0.39, 0.29) is 6.04 Å². The summed E-state index contributed by atoms with van der Waals surface area (Å²) in [6, 6.07) is 5.88. The first-order chi connectivity index (χ1) is 8.08. The number of rotatable bonds is 3. The molecule has 2 rings (SSSR count). The lowest BCUT2D eigenvalue weighted by Crippen LogP contribution is -2.35. The smallest absolute Gasteiger partial charge is 0.320 e. The molecule has 1 heterocycles. The SMILES string of the molecule is Cc1ccc(CN2CCC[C@@H]2C(=O)O)c(Br)c1. The highest BCUT2D eigenvalue weighted by molar-refractivity contribution is 9.10. The number of nitrogens with zero attached hydrogens (tertiary/aromatic N) is 1. The Hall–Kier alpha value is -0.870. The highest BCUT2D eigenvalue weighted by atomic mass is 79.9. The molecular weight excluding hydrogens is 282 g/mol. The van der Waals surface area contributed by atoms with Gasteiger partial charge in [0.1, 0.15) is 6.04 Å². The van der Waals surface area contributed by atoms with Crippen molar-refractivity contribution in [3.8, 4) is 0 Å². The van der Waals surface area contributed by atoms with Crippen LogP contribution >= 0.6 is 15.9 Å². The maximum Gasteiger partial charge on any atom is 0.320 e. The fourth-order valence-corrected chi connectivity index (χ4v) is 2.91. The van der Waals surface area contributed by atoms with Crippen LogP contribution < -0.4 is 0 Å². The molecule has 0 aliphatic carbocycles. The van der Waals surface area contributed by atoms with Crippen molar-refractivity contribution in [2.45, 2.75) is 32.4 Å². The summed E-state index contributed by atoms with van der Waals surface area (Å²) in [5.41, 5.74) is 2.36. The maximum atomic E-state index is 11.1. The first kappa shape index (κ1) is 12.6. The quantitative estimate of drug-likeness (QED) is 0.933. The molecule has 1 fully saturated rings. The number of halogens is 1. The summed E-state index contributed by atoms with van der Waals surface area (Å²) < 4.78 is 1.06. The van der Waals surface area contributed by atoms with Crippen LogP contribution in [0.2, 0.25) is 0 Å². The molecule has 1 N–H and O–H groups in total. The Morgan fingerprint density at radius 1 is 1.59 bits per heavy atom. The standard InChI is InChI=1S/C13H16BrNO2/c1-9-4-5-10(11(14)7-9)8-15-6-2-3-12(15)13(16)17/h4-5,7,12H,2-3,6,8H2,1H3,(H,16,17)/t12-/m1/s1. The summed E-state index contributed by atoms with van der Waals surface area (Å²) in [5, 5.41) is 9.12. The second kappa shape index (κ2) is 5.19. The van der Waals surface area contributed by atoms with Crippen molar-refractivity contribution in [2.75, 3.05) is 6.54 Å². The Kier molecular flexibility index (Phi) is 3.84. The normalized spacial score (nSPS) is 20.7. The van der Waals surface area contributed by atoms with Crippen molar-refractivity contribution in [1.29, 1.82) is 0 Å². The molecule has 1 aromatic rings. The van der Waals surface area contributed by atoms with Crippen molar-refractivity contribution in [2.24, 2.45) is 0 Å². The van der Waals surface area contributed by atoms with Crippen LogP contribution in [0.3, 0.4) is 0 Å². The Morgan fingerprint density at radius 3 is 3.00 bits per heavy atom. The van der Waals surface area contributed by atoms with Crippen LogP contribution in [-0.4, -0.2) is 28.6 Å². The van der Waals surface area contributed by atoms with Gasteiger partial charge in [0.25, 0.3) is 0 Å². The predicted octanol–water partition coefficient (Wildman–Crippen LogP) is 2.81. The second-order valence-corrected chi connectivity index (χ2v) is 5.42. The zero-order valence-corrected chi connectivity index (χ0v) is 11.4. The van der Waals surface area contributed by atoms with E-state index < -0.39 is 5.97 Å². The molecule has 1 aromatic carbocycles. The van der Waals surface area contributed by atoms with Crippen molar-refractivity contribution < 1.29 is 9.90 Å². The van der Waals surface area contributed by atoms with Gasteiger partial charge >= 0.3 is 5.97 Å². The number of benzene rings is 1. The molecule has 0 unspecified atom stereocenters. The molecule has 0 radical (unpaired) electrons. The third kappa shape index (κ3) is 2.87. The molecule has 1 atom stereocenters. The summed E-state index contributed by atoms with van der Waals surface area (Å²) in [6.45, 7) is 3.62. The van der Waals surface area contributed by atoms with Crippen LogP contribution in [-0.2, 0) is 11.3 Å². The molecule has 0 aromatic heterocycles. The average Bonchev–Trinajstić information content (AvgIpc) is 2.70. The van der Waals surface area contributed by atoms with Gasteiger partial charge in [-0.25, -0.2) is 0 Å². The number of hydrogen-bond acceptors (Lipinski definition) is 2. The first-order valence-corrected chi connectivity index (χ1v) is 6.59. The van der Waals surface area contributed by atoms with Gasteiger partial charge in [0, 0.05) is 11.0 Å². The number of aryl methyl sites for hydroxylation is 1. The zero-order chi connectivity index (χ0) is 12.4. The van der Waals surface area contributed by atoms with Crippen molar-refractivity contribution in [3.05, 3.63) is 33.8 Å². The second-order valence-electron chi connectivity index (χ2n) is 4.56. The predicted molar refractivity (Wildman–Crippen MR) is 69.9 cm³/mol. The maximum absolute atomic E-state index is 11.1. The van der Waals surface area contributed by atoms with Gasteiger partial charge < -0.3 is 5.11 Å². The van der Waals surface area contributed by atoms with E-state index >= 15 is 0 Å². The summed E-state index contributed by atoms with van der Waals surface area (Å²) in [6.07, 6.45) is 1.74. The third-order valence-corrected chi connectivity index (χ3v) is 3.97. The van der Waals surface area contributed by atoms with Gasteiger partial charge in [-0.1, -0.05) is 28.1 Å². The van der Waals surface area contributed by atoms with Gasteiger partial charge in [-0.15, -0.1) is 0 Å². The van der Waals surface area contributed by atoms with E-state index in [1.807, 2.05) is 11.8 Å². The van der Waals surface area contributed by atoms with Crippen LogP contribution in [0.15, 0.2) is 22.7 Å². The Balaban J connectivity index is 2.12. The number of carbonyl (C=O) groups is 1. The van der Waals surface area contributed by atoms with Crippen molar-refractivity contribution >= 4 is 21.9 Å². The number of carboxylic acid groups (broad SMARTS) is 1. The molecule has 0 spiro atoms. The first-order valence-electron chi connectivity index (χ1n) is 5.80. The summed E-state index contributed by atoms with van der Waals surface area (Å²) >= 11 is 3.54. The summed E-state index contributed by atoms with van der Waals surface area (Å²) in [7, 11) is 0. The van der Waals surface area contributed by atoms with Crippen molar-refractivity contribution in [1.82, 2.24) is 4.90 Å². The highest BCUT2D eigenvalue weighted by Gasteiger charge is 2.30. The van der Waals surface area contributed by atoms with E-state index in [1.165, 1.54) is 5.56 Å². The lowest BCUT2D eigenvalue weighted by molar-refractivity contribution is -0.142. The molecule has 1 aliphatic heterocycles. The Morgan fingerprint density at radius 2 is 2.35 bits per heavy atom. The van der Waals surface area contributed by atoms with Gasteiger partial charge in [0.2, 0.25) is 0 Å². The average molecular weight is 298 g/mol. The molecule has 92 valence electrons. The van der Waals surface area contributed by atoms with E-state index in [0.29, 0.717) is 6.54 Å². The Bertz CT molecular complexity index is 433. The van der Waals surface area contributed by atoms with Crippen LogP contribution in [0.1, 0.15) is 24.0 Å². The van der Waals surface area contributed by atoms with Gasteiger partial charge in [-0.3, -0.25) is 9.69 Å². The van der Waals surface area contributed by atoms with Gasteiger partial charge in [-0.2, -0.15) is 0 Å². The van der Waals surface area contributed by atoms with E-state index in [0.717, 1.165) is 29.4 Å². The molecule has 1 saturated heterocycles. The van der Waals surface area contributed by atoms with Crippen LogP contribution in [0.25, 0.3) is 0 Å². The molecule has 0 amide bonds. The number of aliphatic carboxylic acids is 1. The summed E-state index contributed by atoms with van der Waals surface area (Å²) in [4.78, 5) is 13.1. The highest BCUT2D eigenvalue weighted by Crippen LogP contribution is 2.24. The molecule has 3 nitrogen and oxygen atoms in total. The van der Waals surface area contributed by atoms with E-state index in [1.54, 1.807) is 0 Å². The lowest BCUT2D eigenvalue weighted by Gasteiger charge is -2.21. The van der Waals surface area contributed by atoms with Gasteiger partial charge in [0.15, 0.2) is 0 Å². The number of carboxylic acids is 1. The lowest BCUT2D eigenvalue weighted by atomic mass is 10.1. The van der Waals surface area contributed by atoms with Gasteiger partial charge in [0.05, 0.1) is 0 Å². The minimum Gasteiger partial charge on any atom is -0.480 e. The fraction of sp³-hybridized carbons (Fsp3) is 0.462. The number of likely N-dealkylation sites (tertiary alicyclic amines) is 1. The van der Waals surface area contributed by atoms with Gasteiger partial charge in [-0.05, 0) is 43.5 Å². The van der Waals surface area contributed by atoms with Crippen LogP contribution in [0, 0.1) is 6.92 Å². The topological polar surface area (TPSA) is 40.5 Å². The zero-order valence-electron chi connectivity index (χ0n) is 9.82. The van der Waals surface area contributed by atoms with E-state index in [4.69, 9.17) is 5.11 Å². The molecule has 0 bridgehead atoms. The third-order valence-electron chi connectivity index (χ3n) is 3.23. The molecule has 17 heavy (non-hydrogen) atoms. The molecule has 1 aliphatic rings. The summed E-state index contributed by atoms with van der Waals surface area (Å²) in [5.74, 6) is -0.703. The minimum absolute atomic E-state index is 0.316. The van der Waals surface area contributed by atoms with Crippen LogP contribution in [0.5, 0.6) is 0 Å². The van der Waals surface area contributed by atoms with Crippen LogP contribution in [0.4, 0.5) is 0 Å². The molecular formula is C13H16BrNO2. The largest absolute Gasteiger partial charge is 0.480 e.